The first-order chi connectivity index (χ1) is 17.2. The third-order valence-corrected chi connectivity index (χ3v) is 6.74. The molecule has 1 aliphatic heterocycles. The van der Waals surface area contributed by atoms with Gasteiger partial charge in [-0.3, -0.25) is 14.1 Å². The van der Waals surface area contributed by atoms with Gasteiger partial charge >= 0.3 is 0 Å². The first-order valence-electron chi connectivity index (χ1n) is 12.9. The van der Waals surface area contributed by atoms with Gasteiger partial charge in [0.2, 0.25) is 0 Å². The fourth-order valence-electron chi connectivity index (χ4n) is 3.93. The summed E-state index contributed by atoms with van der Waals surface area (Å²) in [5.74, 6) is 0.778. The molecule has 2 aromatic rings. The maximum Gasteiger partial charge on any atom is 0.258 e. The molecule has 0 amide bonds. The molecule has 0 aliphatic carbocycles. The third-order valence-electron chi connectivity index (χ3n) is 6.74. The minimum absolute atomic E-state index is 0.0942. The summed E-state index contributed by atoms with van der Waals surface area (Å²) in [7, 11) is 0. The third kappa shape index (κ3) is 8.28. The number of rotatable bonds is 8. The SMILES string of the molecule is C/C=C(/C)C(C)CC.C=C(C)/C=C\C(=C/C)c1cc(=O)n2cc(C3=CCN(CCO)CC3)ccc2n1. The number of aliphatic hydroxyl groups excluding tert-OH is 1. The second kappa shape index (κ2) is 14.5. The zero-order chi connectivity index (χ0) is 26.7. The van der Waals surface area contributed by atoms with Gasteiger partial charge in [0, 0.05) is 31.9 Å². The number of fused-ring (bicyclic) bond motifs is 1. The molecule has 2 aromatic heterocycles. The van der Waals surface area contributed by atoms with E-state index in [1.165, 1.54) is 17.6 Å². The molecular weight excluding hydrogens is 446 g/mol. The molecule has 3 rings (SSSR count). The highest BCUT2D eigenvalue weighted by Crippen LogP contribution is 2.23. The lowest BCUT2D eigenvalue weighted by molar-refractivity contribution is 0.208. The predicted octanol–water partition coefficient (Wildman–Crippen LogP) is 6.31. The second-order valence-electron chi connectivity index (χ2n) is 9.39. The minimum Gasteiger partial charge on any atom is -0.395 e. The van der Waals surface area contributed by atoms with Crippen molar-refractivity contribution in [1.82, 2.24) is 14.3 Å². The van der Waals surface area contributed by atoms with E-state index in [0.29, 0.717) is 17.9 Å². The van der Waals surface area contributed by atoms with Crippen LogP contribution in [0.2, 0.25) is 0 Å². The van der Waals surface area contributed by atoms with Gasteiger partial charge in [0.15, 0.2) is 0 Å². The standard InChI is InChI=1S/C23H27N3O2.C8H16/c1-4-18(6-5-17(2)3)21-15-23(28)26-16-20(7-8-22(26)24-21)19-9-11-25(12-10-19)13-14-27;1-5-7(3)8(4)6-2/h4-9,15-16,27H,2,10-14H2,1,3H3;5,8H,6H2,1-4H3/b6-5-,18-4+;7-5-. The van der Waals surface area contributed by atoms with Crippen LogP contribution < -0.4 is 5.56 Å². The number of nitrogens with zero attached hydrogens (tertiary/aromatic N) is 3. The van der Waals surface area contributed by atoms with E-state index in [1.54, 1.807) is 10.5 Å². The van der Waals surface area contributed by atoms with Crippen LogP contribution in [0.15, 0.2) is 77.3 Å². The van der Waals surface area contributed by atoms with Crippen LogP contribution in [-0.4, -0.2) is 45.6 Å². The highest BCUT2D eigenvalue weighted by Gasteiger charge is 2.13. The first kappa shape index (κ1) is 29.2. The van der Waals surface area contributed by atoms with Crippen molar-refractivity contribution in [3.63, 3.8) is 0 Å². The molecule has 0 bridgehead atoms. The average molecular weight is 490 g/mol. The monoisotopic (exact) mass is 489 g/mol. The lowest BCUT2D eigenvalue weighted by Crippen LogP contribution is -2.31. The van der Waals surface area contributed by atoms with Crippen LogP contribution >= 0.6 is 0 Å². The molecule has 1 atom stereocenters. The first-order valence-corrected chi connectivity index (χ1v) is 12.9. The quantitative estimate of drug-likeness (QED) is 0.349. The van der Waals surface area contributed by atoms with Crippen LogP contribution in [0.4, 0.5) is 0 Å². The maximum atomic E-state index is 12.7. The van der Waals surface area contributed by atoms with E-state index in [9.17, 15) is 4.79 Å². The lowest BCUT2D eigenvalue weighted by Gasteiger charge is -2.25. The van der Waals surface area contributed by atoms with Crippen LogP contribution in [-0.2, 0) is 0 Å². The van der Waals surface area contributed by atoms with E-state index < -0.39 is 0 Å². The van der Waals surface area contributed by atoms with Crippen molar-refractivity contribution in [3.05, 3.63) is 94.1 Å². The van der Waals surface area contributed by atoms with Gasteiger partial charge in [-0.15, -0.1) is 0 Å². The van der Waals surface area contributed by atoms with Gasteiger partial charge in [-0.2, -0.15) is 0 Å². The van der Waals surface area contributed by atoms with Crippen molar-refractivity contribution in [2.45, 2.75) is 54.4 Å². The van der Waals surface area contributed by atoms with Crippen molar-refractivity contribution in [2.24, 2.45) is 5.92 Å². The van der Waals surface area contributed by atoms with Crippen LogP contribution in [0, 0.1) is 5.92 Å². The Morgan fingerprint density at radius 1 is 1.22 bits per heavy atom. The maximum absolute atomic E-state index is 12.7. The largest absolute Gasteiger partial charge is 0.395 e. The molecule has 5 heteroatoms. The van der Waals surface area contributed by atoms with Crippen molar-refractivity contribution in [1.29, 1.82) is 0 Å². The molecule has 1 N–H and O–H groups in total. The zero-order valence-corrected chi connectivity index (χ0v) is 22.9. The van der Waals surface area contributed by atoms with Crippen LogP contribution in [0.1, 0.15) is 65.6 Å². The summed E-state index contributed by atoms with van der Waals surface area (Å²) in [4.78, 5) is 19.6. The summed E-state index contributed by atoms with van der Waals surface area (Å²) in [5.41, 5.74) is 6.81. The van der Waals surface area contributed by atoms with Gasteiger partial charge in [0.1, 0.15) is 5.65 Å². The molecule has 1 unspecified atom stereocenters. The molecule has 0 saturated heterocycles. The molecule has 3 heterocycles. The Bertz CT molecular complexity index is 1210. The van der Waals surface area contributed by atoms with Gasteiger partial charge in [0.05, 0.1) is 12.3 Å². The number of hydrogen-bond acceptors (Lipinski definition) is 4. The van der Waals surface area contributed by atoms with Crippen molar-refractivity contribution in [3.8, 4) is 0 Å². The summed E-state index contributed by atoms with van der Waals surface area (Å²) in [6.45, 7) is 19.1. The smallest absolute Gasteiger partial charge is 0.258 e. The highest BCUT2D eigenvalue weighted by atomic mass is 16.3. The zero-order valence-electron chi connectivity index (χ0n) is 22.9. The molecule has 0 aromatic carbocycles. The summed E-state index contributed by atoms with van der Waals surface area (Å²) >= 11 is 0. The number of β-amino-alcohol motifs (C(OH)–C–C–N with tert-alkyl or cyclic N) is 1. The number of pyridine rings is 1. The number of hydrogen-bond donors (Lipinski definition) is 1. The van der Waals surface area contributed by atoms with E-state index in [2.05, 4.69) is 56.3 Å². The molecule has 0 saturated carbocycles. The minimum atomic E-state index is -0.0942. The summed E-state index contributed by atoms with van der Waals surface area (Å²) < 4.78 is 1.61. The normalized spacial score (nSPS) is 16.0. The van der Waals surface area contributed by atoms with Crippen LogP contribution in [0.25, 0.3) is 16.8 Å². The van der Waals surface area contributed by atoms with Gasteiger partial charge in [-0.05, 0) is 75.3 Å². The summed E-state index contributed by atoms with van der Waals surface area (Å²) in [6.07, 6.45) is 14.2. The Kier molecular flexibility index (Phi) is 11.8. The number of aliphatic hydroxyl groups is 1. The summed E-state index contributed by atoms with van der Waals surface area (Å²) in [6, 6.07) is 5.50. The molecule has 0 radical (unpaired) electrons. The van der Waals surface area contributed by atoms with Gasteiger partial charge < -0.3 is 5.11 Å². The van der Waals surface area contributed by atoms with Crippen molar-refractivity contribution < 1.29 is 5.11 Å². The van der Waals surface area contributed by atoms with E-state index in [0.717, 1.165) is 42.1 Å². The van der Waals surface area contributed by atoms with Gasteiger partial charge in [-0.1, -0.05) is 62.0 Å². The Morgan fingerprint density at radius 3 is 2.50 bits per heavy atom. The Morgan fingerprint density at radius 2 is 1.97 bits per heavy atom. The number of allylic oxidation sites excluding steroid dienone is 7. The fraction of sp³-hybridized carbons (Fsp3) is 0.419. The summed E-state index contributed by atoms with van der Waals surface area (Å²) in [5, 5.41) is 9.07. The van der Waals surface area contributed by atoms with Gasteiger partial charge in [0.25, 0.3) is 5.56 Å². The lowest BCUT2D eigenvalue weighted by atomic mass is 10.0. The van der Waals surface area contributed by atoms with Crippen molar-refractivity contribution >= 4 is 16.8 Å². The predicted molar refractivity (Wildman–Crippen MR) is 154 cm³/mol. The van der Waals surface area contributed by atoms with Crippen LogP contribution in [0.3, 0.4) is 0 Å². The molecule has 5 nitrogen and oxygen atoms in total. The van der Waals surface area contributed by atoms with E-state index >= 15 is 0 Å². The number of aromatic nitrogens is 2. The van der Waals surface area contributed by atoms with Gasteiger partial charge in [-0.25, -0.2) is 4.98 Å². The molecule has 194 valence electrons. The topological polar surface area (TPSA) is 57.8 Å². The molecule has 0 spiro atoms. The molecule has 1 aliphatic rings. The van der Waals surface area contributed by atoms with Crippen molar-refractivity contribution in [2.75, 3.05) is 26.2 Å². The molecule has 0 fully saturated rings. The average Bonchev–Trinajstić information content (AvgIpc) is 2.89. The van der Waals surface area contributed by atoms with Crippen LogP contribution in [0.5, 0.6) is 0 Å². The molecule has 36 heavy (non-hydrogen) atoms. The van der Waals surface area contributed by atoms with E-state index in [-0.39, 0.29) is 12.2 Å². The highest BCUT2D eigenvalue weighted by molar-refractivity contribution is 5.73. The Hall–Kier alpha value is -3.02. The fourth-order valence-corrected chi connectivity index (χ4v) is 3.93. The Labute approximate surface area is 216 Å². The Balaban J connectivity index is 0.000000493. The second-order valence-corrected chi connectivity index (χ2v) is 9.39. The van der Waals surface area contributed by atoms with E-state index in [4.69, 9.17) is 5.11 Å². The van der Waals surface area contributed by atoms with E-state index in [1.807, 2.05) is 50.4 Å². The molecular formula is C31H43N3O2.